The van der Waals surface area contributed by atoms with Crippen LogP contribution in [0.4, 0.5) is 0 Å². The predicted octanol–water partition coefficient (Wildman–Crippen LogP) is 6.70. The summed E-state index contributed by atoms with van der Waals surface area (Å²) >= 11 is 0. The zero-order valence-corrected chi connectivity index (χ0v) is 16.6. The van der Waals surface area contributed by atoms with E-state index in [1.165, 1.54) is 16.3 Å². The zero-order valence-electron chi connectivity index (χ0n) is 16.6. The van der Waals surface area contributed by atoms with Gasteiger partial charge in [0.05, 0.1) is 16.6 Å². The molecule has 3 heteroatoms. The van der Waals surface area contributed by atoms with Gasteiger partial charge >= 0.3 is 0 Å². The summed E-state index contributed by atoms with van der Waals surface area (Å²) in [6, 6.07) is 33.7. The number of benzene rings is 4. The Balaban J connectivity index is 1.75. The molecule has 0 radical (unpaired) electrons. The van der Waals surface area contributed by atoms with Crippen molar-refractivity contribution < 1.29 is 0 Å². The number of rotatable bonds is 2. The maximum absolute atomic E-state index is 5.10. The van der Waals surface area contributed by atoms with Crippen molar-refractivity contribution >= 4 is 32.7 Å². The van der Waals surface area contributed by atoms with Crippen LogP contribution in [0.15, 0.2) is 97.1 Å². The molecule has 0 N–H and O–H groups in total. The average molecular weight is 385 g/mol. The van der Waals surface area contributed by atoms with Crippen molar-refractivity contribution in [1.29, 1.82) is 0 Å². The van der Waals surface area contributed by atoms with E-state index < -0.39 is 0 Å². The lowest BCUT2D eigenvalue weighted by atomic mass is 10.1. The summed E-state index contributed by atoms with van der Waals surface area (Å²) in [6.07, 6.45) is 0. The Morgan fingerprint density at radius 3 is 1.80 bits per heavy atom. The summed E-state index contributed by atoms with van der Waals surface area (Å²) in [7, 11) is 0. The van der Waals surface area contributed by atoms with Crippen LogP contribution in [0.25, 0.3) is 49.9 Å². The van der Waals surface area contributed by atoms with E-state index in [1.807, 2.05) is 6.07 Å². The van der Waals surface area contributed by atoms with Crippen LogP contribution >= 0.6 is 0 Å². The first-order chi connectivity index (χ1) is 14.8. The van der Waals surface area contributed by atoms with E-state index in [-0.39, 0.29) is 0 Å². The summed E-state index contributed by atoms with van der Waals surface area (Å²) in [5.74, 6) is 1.65. The summed E-state index contributed by atoms with van der Waals surface area (Å²) < 4.78 is 2.27. The molecule has 3 nitrogen and oxygen atoms in total. The molecule has 0 aliphatic heterocycles. The first-order valence-corrected chi connectivity index (χ1v) is 10.1. The Hall–Kier alpha value is -3.98. The fourth-order valence-corrected chi connectivity index (χ4v) is 4.21. The van der Waals surface area contributed by atoms with Crippen LogP contribution in [0.5, 0.6) is 0 Å². The van der Waals surface area contributed by atoms with Crippen LogP contribution in [0.3, 0.4) is 0 Å². The highest BCUT2D eigenvalue weighted by Gasteiger charge is 2.16. The molecule has 0 aliphatic rings. The number of fused-ring (bicyclic) bond motifs is 4. The molecule has 6 aromatic rings. The van der Waals surface area contributed by atoms with Crippen molar-refractivity contribution in [3.8, 4) is 17.2 Å². The Morgan fingerprint density at radius 2 is 1.13 bits per heavy atom. The lowest BCUT2D eigenvalue weighted by molar-refractivity contribution is 1.07. The minimum atomic E-state index is 0.741. The lowest BCUT2D eigenvalue weighted by Gasteiger charge is -2.12. The van der Waals surface area contributed by atoms with Gasteiger partial charge in [0.15, 0.2) is 5.82 Å². The summed E-state index contributed by atoms with van der Waals surface area (Å²) in [5.41, 5.74) is 5.49. The Bertz CT molecular complexity index is 1490. The molecule has 0 bridgehead atoms. The van der Waals surface area contributed by atoms with Gasteiger partial charge in [0, 0.05) is 21.7 Å². The molecule has 0 saturated heterocycles. The highest BCUT2D eigenvalue weighted by atomic mass is 15.1. The molecule has 6 rings (SSSR count). The second-order valence-corrected chi connectivity index (χ2v) is 7.62. The van der Waals surface area contributed by atoms with Crippen molar-refractivity contribution in [2.75, 3.05) is 0 Å². The average Bonchev–Trinajstić information content (AvgIpc) is 3.13. The minimum absolute atomic E-state index is 0.741. The largest absolute Gasteiger partial charge is 0.293 e. The van der Waals surface area contributed by atoms with Crippen molar-refractivity contribution in [2.24, 2.45) is 0 Å². The molecular formula is C27H19N3. The van der Waals surface area contributed by atoms with Crippen LogP contribution in [0, 0.1) is 6.92 Å². The summed E-state index contributed by atoms with van der Waals surface area (Å²) in [5, 5.41) is 3.50. The van der Waals surface area contributed by atoms with Crippen LogP contribution in [-0.2, 0) is 0 Å². The first kappa shape index (κ1) is 16.9. The van der Waals surface area contributed by atoms with Gasteiger partial charge in [-0.25, -0.2) is 9.97 Å². The second kappa shape index (κ2) is 6.53. The van der Waals surface area contributed by atoms with Crippen LogP contribution in [0.1, 0.15) is 5.56 Å². The van der Waals surface area contributed by atoms with Gasteiger partial charge in [-0.1, -0.05) is 78.4 Å². The van der Waals surface area contributed by atoms with E-state index in [9.17, 15) is 0 Å². The van der Waals surface area contributed by atoms with E-state index in [0.29, 0.717) is 0 Å². The Labute approximate surface area is 174 Å². The first-order valence-electron chi connectivity index (χ1n) is 10.1. The molecule has 4 aromatic carbocycles. The fourth-order valence-electron chi connectivity index (χ4n) is 4.21. The zero-order chi connectivity index (χ0) is 20.1. The molecule has 142 valence electrons. The van der Waals surface area contributed by atoms with E-state index in [4.69, 9.17) is 9.97 Å². The third-order valence-electron chi connectivity index (χ3n) is 5.68. The standard InChI is InChI=1S/C27H19N3/c1-18-14-16-19(17-15-18)26-28-23-11-5-2-10-22(23)27(29-26)30-24-12-6-3-8-20(24)21-9-4-7-13-25(21)30/h2-17H,1H3. The molecule has 30 heavy (non-hydrogen) atoms. The molecule has 0 aliphatic carbocycles. The number of aromatic nitrogens is 3. The van der Waals surface area contributed by atoms with E-state index in [2.05, 4.69) is 102 Å². The quantitative estimate of drug-likeness (QED) is 0.332. The number of para-hydroxylation sites is 3. The molecule has 2 heterocycles. The SMILES string of the molecule is Cc1ccc(-c2nc(-n3c4ccccc4c4ccccc43)c3ccccc3n2)cc1. The summed E-state index contributed by atoms with van der Waals surface area (Å²) in [4.78, 5) is 9.98. The number of nitrogens with zero attached hydrogens (tertiary/aromatic N) is 3. The molecule has 0 amide bonds. The van der Waals surface area contributed by atoms with E-state index in [1.54, 1.807) is 0 Å². The van der Waals surface area contributed by atoms with Gasteiger partial charge in [0.25, 0.3) is 0 Å². The van der Waals surface area contributed by atoms with Crippen molar-refractivity contribution in [3.63, 3.8) is 0 Å². The summed E-state index contributed by atoms with van der Waals surface area (Å²) in [6.45, 7) is 2.09. The van der Waals surface area contributed by atoms with Gasteiger partial charge < -0.3 is 0 Å². The maximum Gasteiger partial charge on any atom is 0.162 e. The van der Waals surface area contributed by atoms with Crippen LogP contribution in [0.2, 0.25) is 0 Å². The number of hydrogen-bond donors (Lipinski definition) is 0. The molecule has 0 unspecified atom stereocenters. The monoisotopic (exact) mass is 385 g/mol. The van der Waals surface area contributed by atoms with Crippen LogP contribution < -0.4 is 0 Å². The highest BCUT2D eigenvalue weighted by molar-refractivity contribution is 6.10. The van der Waals surface area contributed by atoms with Gasteiger partial charge in [0.2, 0.25) is 0 Å². The Morgan fingerprint density at radius 1 is 0.567 bits per heavy atom. The third-order valence-corrected chi connectivity index (χ3v) is 5.68. The molecular weight excluding hydrogens is 366 g/mol. The molecule has 2 aromatic heterocycles. The van der Waals surface area contributed by atoms with Gasteiger partial charge in [-0.05, 0) is 31.2 Å². The normalized spacial score (nSPS) is 11.5. The second-order valence-electron chi connectivity index (χ2n) is 7.62. The minimum Gasteiger partial charge on any atom is -0.293 e. The van der Waals surface area contributed by atoms with Crippen molar-refractivity contribution in [1.82, 2.24) is 14.5 Å². The number of aryl methyl sites for hydroxylation is 1. The predicted molar refractivity (Wildman–Crippen MR) is 124 cm³/mol. The van der Waals surface area contributed by atoms with Crippen molar-refractivity contribution in [3.05, 3.63) is 103 Å². The lowest BCUT2D eigenvalue weighted by Crippen LogP contribution is -2.02. The van der Waals surface area contributed by atoms with Crippen LogP contribution in [-0.4, -0.2) is 14.5 Å². The van der Waals surface area contributed by atoms with Gasteiger partial charge in [0.1, 0.15) is 5.82 Å². The molecule has 0 fully saturated rings. The smallest absolute Gasteiger partial charge is 0.162 e. The van der Waals surface area contributed by atoms with Gasteiger partial charge in [-0.15, -0.1) is 0 Å². The third kappa shape index (κ3) is 2.52. The topological polar surface area (TPSA) is 30.7 Å². The molecule has 0 spiro atoms. The van der Waals surface area contributed by atoms with Gasteiger partial charge in [-0.2, -0.15) is 0 Å². The fraction of sp³-hybridized carbons (Fsp3) is 0.0370. The number of hydrogen-bond acceptors (Lipinski definition) is 2. The van der Waals surface area contributed by atoms with E-state index >= 15 is 0 Å². The van der Waals surface area contributed by atoms with Crippen molar-refractivity contribution in [2.45, 2.75) is 6.92 Å². The Kier molecular flexibility index (Phi) is 3.68. The molecule has 0 saturated carbocycles. The highest BCUT2D eigenvalue weighted by Crippen LogP contribution is 2.34. The molecule has 0 atom stereocenters. The van der Waals surface area contributed by atoms with Gasteiger partial charge in [-0.3, -0.25) is 4.57 Å². The maximum atomic E-state index is 5.10. The van der Waals surface area contributed by atoms with E-state index in [0.717, 1.165) is 39.1 Å².